The summed E-state index contributed by atoms with van der Waals surface area (Å²) in [6.45, 7) is 3.99. The van der Waals surface area contributed by atoms with Gasteiger partial charge in [-0.3, -0.25) is 4.68 Å². The Morgan fingerprint density at radius 1 is 1.33 bits per heavy atom. The standard InChI is InChI=1S/C14H19N3O/c1-12(15)14-9-16-17(10-14)7-8-18-11-13-5-3-2-4-6-13/h2-6,9-10,12H,7-8,11,15H2,1H3/t12-/m1/s1. The summed E-state index contributed by atoms with van der Waals surface area (Å²) >= 11 is 0. The van der Waals surface area contributed by atoms with Gasteiger partial charge >= 0.3 is 0 Å². The first-order valence-corrected chi connectivity index (χ1v) is 6.15. The molecule has 0 saturated heterocycles. The second kappa shape index (κ2) is 6.33. The van der Waals surface area contributed by atoms with Crippen molar-refractivity contribution in [3.8, 4) is 0 Å². The number of hydrogen-bond acceptors (Lipinski definition) is 3. The highest BCUT2D eigenvalue weighted by atomic mass is 16.5. The van der Waals surface area contributed by atoms with Gasteiger partial charge in [-0.25, -0.2) is 0 Å². The molecule has 0 radical (unpaired) electrons. The molecule has 1 atom stereocenters. The number of aromatic nitrogens is 2. The summed E-state index contributed by atoms with van der Waals surface area (Å²) in [5.41, 5.74) is 8.02. The monoisotopic (exact) mass is 245 g/mol. The molecule has 2 aromatic rings. The second-order valence-electron chi connectivity index (χ2n) is 4.36. The Hall–Kier alpha value is -1.65. The highest BCUT2D eigenvalue weighted by molar-refractivity contribution is 5.13. The van der Waals surface area contributed by atoms with Crippen LogP contribution in [-0.2, 0) is 17.9 Å². The van der Waals surface area contributed by atoms with Crippen LogP contribution in [0, 0.1) is 0 Å². The van der Waals surface area contributed by atoms with Gasteiger partial charge in [0.05, 0.1) is 26.0 Å². The van der Waals surface area contributed by atoms with E-state index in [1.807, 2.05) is 42.2 Å². The molecule has 2 rings (SSSR count). The summed E-state index contributed by atoms with van der Waals surface area (Å²) in [5, 5.41) is 4.24. The summed E-state index contributed by atoms with van der Waals surface area (Å²) in [6, 6.07) is 10.2. The van der Waals surface area contributed by atoms with Crippen LogP contribution in [0.5, 0.6) is 0 Å². The summed E-state index contributed by atoms with van der Waals surface area (Å²) in [7, 11) is 0. The molecule has 2 N–H and O–H groups in total. The number of nitrogens with zero attached hydrogens (tertiary/aromatic N) is 2. The van der Waals surface area contributed by atoms with E-state index in [2.05, 4.69) is 17.2 Å². The number of rotatable bonds is 6. The first-order chi connectivity index (χ1) is 8.75. The Labute approximate surface area is 107 Å². The zero-order chi connectivity index (χ0) is 12.8. The number of nitrogens with two attached hydrogens (primary N) is 1. The van der Waals surface area contributed by atoms with Crippen molar-refractivity contribution in [2.24, 2.45) is 5.73 Å². The zero-order valence-electron chi connectivity index (χ0n) is 10.6. The van der Waals surface area contributed by atoms with E-state index in [1.165, 1.54) is 5.56 Å². The molecule has 0 bridgehead atoms. The van der Waals surface area contributed by atoms with Crippen molar-refractivity contribution in [1.82, 2.24) is 9.78 Å². The fourth-order valence-electron chi connectivity index (χ4n) is 1.66. The molecular weight excluding hydrogens is 226 g/mol. The predicted molar refractivity (Wildman–Crippen MR) is 70.9 cm³/mol. The van der Waals surface area contributed by atoms with Crippen molar-refractivity contribution in [2.75, 3.05) is 6.61 Å². The molecule has 0 saturated carbocycles. The van der Waals surface area contributed by atoms with Crippen LogP contribution in [0.3, 0.4) is 0 Å². The average Bonchev–Trinajstić information content (AvgIpc) is 2.85. The van der Waals surface area contributed by atoms with Gasteiger partial charge in [0.25, 0.3) is 0 Å². The molecule has 0 amide bonds. The smallest absolute Gasteiger partial charge is 0.0717 e. The summed E-state index contributed by atoms with van der Waals surface area (Å²) in [6.07, 6.45) is 3.78. The molecule has 1 aromatic heterocycles. The van der Waals surface area contributed by atoms with Gasteiger partial charge in [-0.05, 0) is 12.5 Å². The molecule has 1 aromatic carbocycles. The fraction of sp³-hybridized carbons (Fsp3) is 0.357. The average molecular weight is 245 g/mol. The Morgan fingerprint density at radius 2 is 2.11 bits per heavy atom. The molecule has 0 aliphatic heterocycles. The van der Waals surface area contributed by atoms with E-state index in [0.29, 0.717) is 13.2 Å². The van der Waals surface area contributed by atoms with Crippen LogP contribution in [0.2, 0.25) is 0 Å². The van der Waals surface area contributed by atoms with E-state index in [-0.39, 0.29) is 6.04 Å². The number of benzene rings is 1. The molecule has 96 valence electrons. The van der Waals surface area contributed by atoms with Crippen LogP contribution in [-0.4, -0.2) is 16.4 Å². The topological polar surface area (TPSA) is 53.1 Å². The van der Waals surface area contributed by atoms with Gasteiger partial charge in [0, 0.05) is 17.8 Å². The zero-order valence-corrected chi connectivity index (χ0v) is 10.6. The Kier molecular flexibility index (Phi) is 4.50. The lowest BCUT2D eigenvalue weighted by Gasteiger charge is -2.04. The molecule has 0 unspecified atom stereocenters. The second-order valence-corrected chi connectivity index (χ2v) is 4.36. The predicted octanol–water partition coefficient (Wildman–Crippen LogP) is 2.12. The Morgan fingerprint density at radius 3 is 2.78 bits per heavy atom. The molecule has 0 spiro atoms. The number of ether oxygens (including phenoxy) is 1. The number of hydrogen-bond donors (Lipinski definition) is 1. The molecule has 0 fully saturated rings. The van der Waals surface area contributed by atoms with Crippen LogP contribution >= 0.6 is 0 Å². The third-order valence-electron chi connectivity index (χ3n) is 2.76. The molecule has 1 heterocycles. The van der Waals surface area contributed by atoms with Gasteiger partial charge in [0.15, 0.2) is 0 Å². The van der Waals surface area contributed by atoms with Crippen LogP contribution in [0.1, 0.15) is 24.1 Å². The minimum atomic E-state index is 0.0315. The molecular formula is C14H19N3O. The van der Waals surface area contributed by atoms with Crippen molar-refractivity contribution < 1.29 is 4.74 Å². The molecule has 18 heavy (non-hydrogen) atoms. The van der Waals surface area contributed by atoms with Crippen LogP contribution in [0.15, 0.2) is 42.7 Å². The van der Waals surface area contributed by atoms with E-state index in [0.717, 1.165) is 12.1 Å². The van der Waals surface area contributed by atoms with Gasteiger partial charge in [0.1, 0.15) is 0 Å². The quantitative estimate of drug-likeness (QED) is 0.793. The van der Waals surface area contributed by atoms with Gasteiger partial charge in [-0.1, -0.05) is 30.3 Å². The van der Waals surface area contributed by atoms with Crippen molar-refractivity contribution >= 4 is 0 Å². The van der Waals surface area contributed by atoms with Gasteiger partial charge in [-0.15, -0.1) is 0 Å². The third-order valence-corrected chi connectivity index (χ3v) is 2.76. The summed E-state index contributed by atoms with van der Waals surface area (Å²) in [5.74, 6) is 0. The first-order valence-electron chi connectivity index (χ1n) is 6.15. The largest absolute Gasteiger partial charge is 0.375 e. The lowest BCUT2D eigenvalue weighted by atomic mass is 10.2. The molecule has 4 heteroatoms. The lowest BCUT2D eigenvalue weighted by Crippen LogP contribution is -2.07. The lowest BCUT2D eigenvalue weighted by molar-refractivity contribution is 0.111. The SMILES string of the molecule is C[C@@H](N)c1cnn(CCOCc2ccccc2)c1. The van der Waals surface area contributed by atoms with E-state index in [9.17, 15) is 0 Å². The minimum absolute atomic E-state index is 0.0315. The first kappa shape index (κ1) is 12.8. The Balaban J connectivity index is 1.72. The van der Waals surface area contributed by atoms with E-state index in [1.54, 1.807) is 0 Å². The van der Waals surface area contributed by atoms with E-state index >= 15 is 0 Å². The molecule has 0 aliphatic carbocycles. The van der Waals surface area contributed by atoms with Crippen LogP contribution in [0.4, 0.5) is 0 Å². The van der Waals surface area contributed by atoms with Crippen molar-refractivity contribution in [3.05, 3.63) is 53.9 Å². The summed E-state index contributed by atoms with van der Waals surface area (Å²) < 4.78 is 7.47. The van der Waals surface area contributed by atoms with Gasteiger partial charge < -0.3 is 10.5 Å². The maximum atomic E-state index is 5.77. The maximum absolute atomic E-state index is 5.77. The van der Waals surface area contributed by atoms with Crippen molar-refractivity contribution in [1.29, 1.82) is 0 Å². The maximum Gasteiger partial charge on any atom is 0.0717 e. The van der Waals surface area contributed by atoms with Crippen molar-refractivity contribution in [2.45, 2.75) is 26.1 Å². The Bertz CT molecular complexity index is 465. The minimum Gasteiger partial charge on any atom is -0.375 e. The van der Waals surface area contributed by atoms with E-state index in [4.69, 9.17) is 10.5 Å². The third kappa shape index (κ3) is 3.68. The molecule has 0 aliphatic rings. The highest BCUT2D eigenvalue weighted by Gasteiger charge is 2.02. The summed E-state index contributed by atoms with van der Waals surface area (Å²) in [4.78, 5) is 0. The van der Waals surface area contributed by atoms with Gasteiger partial charge in [-0.2, -0.15) is 5.10 Å². The van der Waals surface area contributed by atoms with Crippen LogP contribution < -0.4 is 5.73 Å². The van der Waals surface area contributed by atoms with E-state index < -0.39 is 0 Å². The van der Waals surface area contributed by atoms with Crippen molar-refractivity contribution in [3.63, 3.8) is 0 Å². The fourth-order valence-corrected chi connectivity index (χ4v) is 1.66. The van der Waals surface area contributed by atoms with Crippen LogP contribution in [0.25, 0.3) is 0 Å². The highest BCUT2D eigenvalue weighted by Crippen LogP contribution is 2.07. The normalized spacial score (nSPS) is 12.6. The van der Waals surface area contributed by atoms with Gasteiger partial charge in [0.2, 0.25) is 0 Å². The molecule has 4 nitrogen and oxygen atoms in total.